The summed E-state index contributed by atoms with van der Waals surface area (Å²) in [5.74, 6) is 0. The Labute approximate surface area is 169 Å². The Bertz CT molecular complexity index is 809. The van der Waals surface area contributed by atoms with E-state index in [0.29, 0.717) is 12.1 Å². The van der Waals surface area contributed by atoms with Gasteiger partial charge in [-0.2, -0.15) is 0 Å². The zero-order valence-corrected chi connectivity index (χ0v) is 16.5. The molecule has 0 bridgehead atoms. The lowest BCUT2D eigenvalue weighted by molar-refractivity contribution is 0.183. The molecular formula is C26H30N2. The van der Waals surface area contributed by atoms with Crippen molar-refractivity contribution in [3.63, 3.8) is 0 Å². The van der Waals surface area contributed by atoms with Crippen molar-refractivity contribution in [2.45, 2.75) is 37.9 Å². The summed E-state index contributed by atoms with van der Waals surface area (Å²) in [5.41, 5.74) is 4.20. The molecule has 1 fully saturated rings. The molecule has 1 heterocycles. The highest BCUT2D eigenvalue weighted by Crippen LogP contribution is 2.22. The Morgan fingerprint density at radius 2 is 1.25 bits per heavy atom. The highest BCUT2D eigenvalue weighted by molar-refractivity contribution is 5.24. The fourth-order valence-electron chi connectivity index (χ4n) is 4.19. The topological polar surface area (TPSA) is 15.3 Å². The third-order valence-electron chi connectivity index (χ3n) is 5.76. The van der Waals surface area contributed by atoms with E-state index < -0.39 is 0 Å². The second kappa shape index (κ2) is 9.68. The molecule has 28 heavy (non-hydrogen) atoms. The predicted octanol–water partition coefficient (Wildman–Crippen LogP) is 5.22. The third kappa shape index (κ3) is 5.31. The lowest BCUT2D eigenvalue weighted by atomic mass is 9.96. The van der Waals surface area contributed by atoms with Crippen molar-refractivity contribution in [3.8, 4) is 0 Å². The van der Waals surface area contributed by atoms with Gasteiger partial charge in [0, 0.05) is 18.6 Å². The van der Waals surface area contributed by atoms with Gasteiger partial charge in [0.25, 0.3) is 0 Å². The minimum atomic E-state index is 0.370. The quantitative estimate of drug-likeness (QED) is 0.613. The van der Waals surface area contributed by atoms with Gasteiger partial charge in [-0.25, -0.2) is 0 Å². The summed E-state index contributed by atoms with van der Waals surface area (Å²) in [6.45, 7) is 3.40. The number of hydrogen-bond acceptors (Lipinski definition) is 2. The van der Waals surface area contributed by atoms with Crippen molar-refractivity contribution < 1.29 is 0 Å². The van der Waals surface area contributed by atoms with E-state index in [1.165, 1.54) is 42.6 Å². The first kappa shape index (κ1) is 18.9. The second-order valence-corrected chi connectivity index (χ2v) is 7.86. The molecule has 0 saturated carbocycles. The van der Waals surface area contributed by atoms with E-state index in [0.717, 1.165) is 13.0 Å². The van der Waals surface area contributed by atoms with Crippen LogP contribution < -0.4 is 5.32 Å². The molecule has 3 aromatic rings. The number of benzene rings is 3. The molecule has 144 valence electrons. The molecule has 0 spiro atoms. The standard InChI is InChI=1S/C26H30N2/c1-4-10-22(11-5-1)20-26(24-14-8-3-9-15-24)27-25-16-18-28(19-17-25)21-23-12-6-2-7-13-23/h1-15,25-27H,16-21H2/t26-/m0/s1. The van der Waals surface area contributed by atoms with Gasteiger partial charge >= 0.3 is 0 Å². The van der Waals surface area contributed by atoms with E-state index in [4.69, 9.17) is 0 Å². The Kier molecular flexibility index (Phi) is 6.54. The van der Waals surface area contributed by atoms with Gasteiger partial charge in [-0.05, 0) is 49.0 Å². The van der Waals surface area contributed by atoms with E-state index in [9.17, 15) is 0 Å². The minimum Gasteiger partial charge on any atom is -0.307 e. The number of nitrogens with one attached hydrogen (secondary N) is 1. The number of hydrogen-bond donors (Lipinski definition) is 1. The van der Waals surface area contributed by atoms with Crippen molar-refractivity contribution in [2.75, 3.05) is 13.1 Å². The van der Waals surface area contributed by atoms with Gasteiger partial charge in [0.2, 0.25) is 0 Å². The van der Waals surface area contributed by atoms with Crippen LogP contribution in [0.5, 0.6) is 0 Å². The smallest absolute Gasteiger partial charge is 0.0363 e. The molecule has 3 aromatic carbocycles. The molecule has 2 heteroatoms. The summed E-state index contributed by atoms with van der Waals surface area (Å²) in [7, 11) is 0. The fraction of sp³-hybridized carbons (Fsp3) is 0.308. The maximum atomic E-state index is 3.98. The van der Waals surface area contributed by atoms with Gasteiger partial charge in [0.1, 0.15) is 0 Å². The van der Waals surface area contributed by atoms with E-state index in [1.807, 2.05) is 0 Å². The first-order valence-corrected chi connectivity index (χ1v) is 10.5. The van der Waals surface area contributed by atoms with E-state index in [2.05, 4.69) is 101 Å². The highest BCUT2D eigenvalue weighted by Gasteiger charge is 2.22. The van der Waals surface area contributed by atoms with Gasteiger partial charge < -0.3 is 5.32 Å². The van der Waals surface area contributed by atoms with Gasteiger partial charge in [-0.3, -0.25) is 4.90 Å². The van der Waals surface area contributed by atoms with Crippen LogP contribution in [0.2, 0.25) is 0 Å². The summed E-state index contributed by atoms with van der Waals surface area (Å²) >= 11 is 0. The van der Waals surface area contributed by atoms with Crippen molar-refractivity contribution in [3.05, 3.63) is 108 Å². The minimum absolute atomic E-state index is 0.370. The average Bonchev–Trinajstić information content (AvgIpc) is 2.77. The summed E-state index contributed by atoms with van der Waals surface area (Å²) in [6.07, 6.45) is 3.46. The molecular weight excluding hydrogens is 340 g/mol. The molecule has 0 aliphatic carbocycles. The van der Waals surface area contributed by atoms with Crippen LogP contribution in [0.1, 0.15) is 35.6 Å². The largest absolute Gasteiger partial charge is 0.307 e. The van der Waals surface area contributed by atoms with Crippen LogP contribution in [0.15, 0.2) is 91.0 Å². The monoisotopic (exact) mass is 370 g/mol. The lowest BCUT2D eigenvalue weighted by Gasteiger charge is -2.35. The molecule has 4 rings (SSSR count). The summed E-state index contributed by atoms with van der Waals surface area (Å²) in [5, 5.41) is 3.98. The Morgan fingerprint density at radius 3 is 1.86 bits per heavy atom. The molecule has 1 aliphatic heterocycles. The summed E-state index contributed by atoms with van der Waals surface area (Å²) in [6, 6.07) is 33.5. The normalized spacial score (nSPS) is 16.7. The van der Waals surface area contributed by atoms with Gasteiger partial charge in [-0.15, -0.1) is 0 Å². The fourth-order valence-corrected chi connectivity index (χ4v) is 4.19. The van der Waals surface area contributed by atoms with E-state index >= 15 is 0 Å². The molecule has 0 amide bonds. The number of rotatable bonds is 7. The molecule has 1 atom stereocenters. The van der Waals surface area contributed by atoms with Crippen molar-refractivity contribution >= 4 is 0 Å². The highest BCUT2D eigenvalue weighted by atomic mass is 15.1. The maximum Gasteiger partial charge on any atom is 0.0363 e. The predicted molar refractivity (Wildman–Crippen MR) is 117 cm³/mol. The third-order valence-corrected chi connectivity index (χ3v) is 5.76. The Balaban J connectivity index is 1.36. The second-order valence-electron chi connectivity index (χ2n) is 7.86. The van der Waals surface area contributed by atoms with Gasteiger partial charge in [0.05, 0.1) is 0 Å². The van der Waals surface area contributed by atoms with Crippen molar-refractivity contribution in [1.29, 1.82) is 0 Å². The first-order valence-electron chi connectivity index (χ1n) is 10.5. The van der Waals surface area contributed by atoms with Crippen LogP contribution in [-0.4, -0.2) is 24.0 Å². The Hall–Kier alpha value is -2.42. The van der Waals surface area contributed by atoms with Crippen molar-refractivity contribution in [2.24, 2.45) is 0 Å². The first-order chi connectivity index (χ1) is 13.9. The molecule has 0 radical (unpaired) electrons. The molecule has 1 N–H and O–H groups in total. The SMILES string of the molecule is c1ccc(C[C@H](NC2CCN(Cc3ccccc3)CC2)c2ccccc2)cc1. The maximum absolute atomic E-state index is 3.98. The van der Waals surface area contributed by atoms with Crippen LogP contribution in [0, 0.1) is 0 Å². The van der Waals surface area contributed by atoms with Crippen molar-refractivity contribution in [1.82, 2.24) is 10.2 Å². The van der Waals surface area contributed by atoms with Gasteiger partial charge in [0.15, 0.2) is 0 Å². The van der Waals surface area contributed by atoms with Crippen LogP contribution >= 0.6 is 0 Å². The number of nitrogens with zero attached hydrogens (tertiary/aromatic N) is 1. The summed E-state index contributed by atoms with van der Waals surface area (Å²) < 4.78 is 0. The number of likely N-dealkylation sites (tertiary alicyclic amines) is 1. The van der Waals surface area contributed by atoms with Crippen LogP contribution in [0.3, 0.4) is 0 Å². The van der Waals surface area contributed by atoms with E-state index in [-0.39, 0.29) is 0 Å². The van der Waals surface area contributed by atoms with Crippen LogP contribution in [-0.2, 0) is 13.0 Å². The van der Waals surface area contributed by atoms with Crippen LogP contribution in [0.4, 0.5) is 0 Å². The molecule has 1 aliphatic rings. The Morgan fingerprint density at radius 1 is 0.714 bits per heavy atom. The molecule has 0 unspecified atom stereocenters. The van der Waals surface area contributed by atoms with E-state index in [1.54, 1.807) is 0 Å². The zero-order chi connectivity index (χ0) is 19.0. The molecule has 0 aromatic heterocycles. The lowest BCUT2D eigenvalue weighted by Crippen LogP contribution is -2.43. The summed E-state index contributed by atoms with van der Waals surface area (Å²) in [4.78, 5) is 2.59. The van der Waals surface area contributed by atoms with Gasteiger partial charge in [-0.1, -0.05) is 91.0 Å². The molecule has 1 saturated heterocycles. The molecule has 2 nitrogen and oxygen atoms in total. The number of piperidine rings is 1. The average molecular weight is 371 g/mol. The zero-order valence-electron chi connectivity index (χ0n) is 16.5. The van der Waals surface area contributed by atoms with Crippen LogP contribution in [0.25, 0.3) is 0 Å².